The molecule has 0 spiro atoms. The van der Waals surface area contributed by atoms with Gasteiger partial charge in [0.25, 0.3) is 11.8 Å². The minimum atomic E-state index is -0.203. The molecule has 1 N–H and O–H groups in total. The van der Waals surface area contributed by atoms with Crippen molar-refractivity contribution in [1.82, 2.24) is 9.88 Å². The first-order valence-corrected chi connectivity index (χ1v) is 11.7. The number of hydrogen-bond donors (Lipinski definition) is 1. The standard InChI is InChI=1S/C25H27N3O3S/c1-17-4-3-5-18(2)28(17)23(29)16-31-22-12-8-19(9-13-22)24(30)27-21-10-6-20(7-11-21)25-26-14-15-32-25/h6-15,17-18H,3-5,16H2,1-2H3,(H,27,30). The molecule has 4 rings (SSSR count). The van der Waals surface area contributed by atoms with Gasteiger partial charge in [0, 0.05) is 40.5 Å². The van der Waals surface area contributed by atoms with Crippen molar-refractivity contribution in [3.05, 3.63) is 65.7 Å². The fraction of sp³-hybridized carbons (Fsp3) is 0.320. The number of anilines is 1. The number of hydrogen-bond acceptors (Lipinski definition) is 5. The van der Waals surface area contributed by atoms with Crippen LogP contribution in [0.2, 0.25) is 0 Å². The zero-order valence-electron chi connectivity index (χ0n) is 18.3. The summed E-state index contributed by atoms with van der Waals surface area (Å²) in [4.78, 5) is 31.4. The minimum absolute atomic E-state index is 0.00562. The Hall–Kier alpha value is -3.19. The lowest BCUT2D eigenvalue weighted by Crippen LogP contribution is -2.49. The molecule has 1 aliphatic heterocycles. The van der Waals surface area contributed by atoms with Crippen LogP contribution >= 0.6 is 11.3 Å². The van der Waals surface area contributed by atoms with Gasteiger partial charge in [-0.2, -0.15) is 0 Å². The van der Waals surface area contributed by atoms with E-state index < -0.39 is 0 Å². The molecule has 166 valence electrons. The molecule has 1 aliphatic rings. The van der Waals surface area contributed by atoms with Gasteiger partial charge in [0.1, 0.15) is 10.8 Å². The summed E-state index contributed by atoms with van der Waals surface area (Å²) >= 11 is 1.57. The lowest BCUT2D eigenvalue weighted by molar-refractivity contribution is -0.139. The Morgan fingerprint density at radius 3 is 2.38 bits per heavy atom. The highest BCUT2D eigenvalue weighted by molar-refractivity contribution is 7.13. The lowest BCUT2D eigenvalue weighted by Gasteiger charge is -2.38. The van der Waals surface area contributed by atoms with Crippen molar-refractivity contribution in [3.63, 3.8) is 0 Å². The van der Waals surface area contributed by atoms with Crippen molar-refractivity contribution >= 4 is 28.8 Å². The summed E-state index contributed by atoms with van der Waals surface area (Å²) in [6.07, 6.45) is 5.00. The zero-order chi connectivity index (χ0) is 22.5. The van der Waals surface area contributed by atoms with E-state index in [1.807, 2.05) is 34.5 Å². The van der Waals surface area contributed by atoms with Crippen LogP contribution in [0.3, 0.4) is 0 Å². The first-order chi connectivity index (χ1) is 15.5. The van der Waals surface area contributed by atoms with E-state index in [4.69, 9.17) is 4.74 Å². The Morgan fingerprint density at radius 1 is 1.06 bits per heavy atom. The molecule has 2 unspecified atom stereocenters. The minimum Gasteiger partial charge on any atom is -0.484 e. The number of nitrogens with zero attached hydrogens (tertiary/aromatic N) is 2. The van der Waals surface area contributed by atoms with Gasteiger partial charge in [-0.05, 0) is 81.6 Å². The number of amides is 2. The molecule has 0 bridgehead atoms. The van der Waals surface area contributed by atoms with Gasteiger partial charge in [-0.1, -0.05) is 0 Å². The van der Waals surface area contributed by atoms with Gasteiger partial charge in [0.05, 0.1) is 0 Å². The largest absolute Gasteiger partial charge is 0.484 e. The van der Waals surface area contributed by atoms with E-state index in [0.717, 1.165) is 29.8 Å². The second-order valence-electron chi connectivity index (χ2n) is 8.11. The quantitative estimate of drug-likeness (QED) is 0.559. The Morgan fingerprint density at radius 2 is 1.75 bits per heavy atom. The predicted molar refractivity (Wildman–Crippen MR) is 127 cm³/mol. The maximum absolute atomic E-state index is 12.6. The third kappa shape index (κ3) is 5.16. The molecule has 2 heterocycles. The normalized spacial score (nSPS) is 18.2. The predicted octanol–water partition coefficient (Wildman–Crippen LogP) is 5.23. The highest BCUT2D eigenvalue weighted by Crippen LogP contribution is 2.24. The lowest BCUT2D eigenvalue weighted by atomic mass is 9.97. The second kappa shape index (κ2) is 9.96. The molecule has 0 aliphatic carbocycles. The van der Waals surface area contributed by atoms with Gasteiger partial charge < -0.3 is 15.0 Å². The van der Waals surface area contributed by atoms with Crippen molar-refractivity contribution < 1.29 is 14.3 Å². The number of benzene rings is 2. The molecule has 2 aromatic carbocycles. The van der Waals surface area contributed by atoms with Gasteiger partial charge in [-0.25, -0.2) is 4.98 Å². The van der Waals surface area contributed by atoms with E-state index in [1.54, 1.807) is 41.8 Å². The number of rotatable bonds is 6. The van der Waals surface area contributed by atoms with E-state index >= 15 is 0 Å². The van der Waals surface area contributed by atoms with Crippen LogP contribution < -0.4 is 10.1 Å². The van der Waals surface area contributed by atoms with Crippen LogP contribution in [0.25, 0.3) is 10.6 Å². The Kier molecular flexibility index (Phi) is 6.85. The van der Waals surface area contributed by atoms with Crippen molar-refractivity contribution in [3.8, 4) is 16.3 Å². The molecule has 2 atom stereocenters. The third-order valence-electron chi connectivity index (χ3n) is 5.78. The molecule has 1 aromatic heterocycles. The van der Waals surface area contributed by atoms with E-state index in [0.29, 0.717) is 17.0 Å². The summed E-state index contributed by atoms with van der Waals surface area (Å²) in [5.41, 5.74) is 2.25. The number of carbonyl (C=O) groups is 2. The Bertz CT molecular complexity index is 1040. The van der Waals surface area contributed by atoms with Gasteiger partial charge in [0.15, 0.2) is 6.61 Å². The van der Waals surface area contributed by atoms with Crippen LogP contribution in [-0.4, -0.2) is 40.4 Å². The smallest absolute Gasteiger partial charge is 0.260 e. The summed E-state index contributed by atoms with van der Waals surface area (Å²) in [5.74, 6) is 0.373. The molecule has 7 heteroatoms. The van der Waals surface area contributed by atoms with Crippen LogP contribution in [-0.2, 0) is 4.79 Å². The molecule has 3 aromatic rings. The average molecular weight is 450 g/mol. The van der Waals surface area contributed by atoms with Crippen LogP contribution in [0, 0.1) is 0 Å². The number of piperidine rings is 1. The van der Waals surface area contributed by atoms with Crippen molar-refractivity contribution in [1.29, 1.82) is 0 Å². The van der Waals surface area contributed by atoms with E-state index in [-0.39, 0.29) is 30.5 Å². The van der Waals surface area contributed by atoms with Gasteiger partial charge in [-0.15, -0.1) is 11.3 Å². The Labute approximate surface area is 192 Å². The molecular formula is C25H27N3O3S. The third-order valence-corrected chi connectivity index (χ3v) is 6.60. The summed E-state index contributed by atoms with van der Waals surface area (Å²) in [5, 5.41) is 5.77. The Balaban J connectivity index is 1.31. The number of aromatic nitrogens is 1. The molecule has 2 amide bonds. The monoisotopic (exact) mass is 449 g/mol. The SMILES string of the molecule is CC1CCCC(C)N1C(=O)COc1ccc(C(=O)Nc2ccc(-c3nccs3)cc2)cc1. The van der Waals surface area contributed by atoms with E-state index in [9.17, 15) is 9.59 Å². The first-order valence-electron chi connectivity index (χ1n) is 10.9. The molecule has 32 heavy (non-hydrogen) atoms. The van der Waals surface area contributed by atoms with Crippen molar-refractivity contribution in [2.75, 3.05) is 11.9 Å². The van der Waals surface area contributed by atoms with E-state index in [1.165, 1.54) is 0 Å². The number of nitrogens with one attached hydrogen (secondary N) is 1. The molecule has 1 fully saturated rings. The fourth-order valence-corrected chi connectivity index (χ4v) is 4.74. The summed E-state index contributed by atoms with van der Waals surface area (Å²) in [7, 11) is 0. The van der Waals surface area contributed by atoms with Crippen molar-refractivity contribution in [2.24, 2.45) is 0 Å². The highest BCUT2D eigenvalue weighted by Gasteiger charge is 2.28. The van der Waals surface area contributed by atoms with Gasteiger partial charge >= 0.3 is 0 Å². The summed E-state index contributed by atoms with van der Waals surface area (Å²) < 4.78 is 5.69. The molecular weight excluding hydrogens is 422 g/mol. The topological polar surface area (TPSA) is 71.5 Å². The van der Waals surface area contributed by atoms with E-state index in [2.05, 4.69) is 24.1 Å². The molecule has 6 nitrogen and oxygen atoms in total. The summed E-state index contributed by atoms with van der Waals surface area (Å²) in [6.45, 7) is 4.19. The number of ether oxygens (including phenoxy) is 1. The van der Waals surface area contributed by atoms with Crippen LogP contribution in [0.1, 0.15) is 43.5 Å². The summed E-state index contributed by atoms with van der Waals surface area (Å²) in [6, 6.07) is 14.9. The zero-order valence-corrected chi connectivity index (χ0v) is 19.1. The van der Waals surface area contributed by atoms with Gasteiger partial charge in [-0.3, -0.25) is 9.59 Å². The van der Waals surface area contributed by atoms with Crippen LogP contribution in [0.5, 0.6) is 5.75 Å². The maximum Gasteiger partial charge on any atom is 0.260 e. The highest BCUT2D eigenvalue weighted by atomic mass is 32.1. The fourth-order valence-electron chi connectivity index (χ4n) is 4.10. The van der Waals surface area contributed by atoms with Crippen molar-refractivity contribution in [2.45, 2.75) is 45.2 Å². The first kappa shape index (κ1) is 22.0. The average Bonchev–Trinajstić information content (AvgIpc) is 3.33. The maximum atomic E-state index is 12.6. The van der Waals surface area contributed by atoms with Crippen LogP contribution in [0.4, 0.5) is 5.69 Å². The molecule has 1 saturated heterocycles. The van der Waals surface area contributed by atoms with Gasteiger partial charge in [0.2, 0.25) is 0 Å². The van der Waals surface area contributed by atoms with Crippen LogP contribution in [0.15, 0.2) is 60.1 Å². The molecule has 0 saturated carbocycles. The molecule has 0 radical (unpaired) electrons. The number of thiazole rings is 1. The number of likely N-dealkylation sites (tertiary alicyclic amines) is 1. The second-order valence-corrected chi connectivity index (χ2v) is 9.01. The number of carbonyl (C=O) groups excluding carboxylic acids is 2.